The Morgan fingerprint density at radius 3 is 2.43 bits per heavy atom. The van der Waals surface area contributed by atoms with Crippen LogP contribution in [-0.4, -0.2) is 53.7 Å². The number of pyridine rings is 1. The van der Waals surface area contributed by atoms with Crippen molar-refractivity contribution in [3.05, 3.63) is 35.8 Å². The van der Waals surface area contributed by atoms with Crippen LogP contribution in [0.4, 0.5) is 0 Å². The highest BCUT2D eigenvalue weighted by Gasteiger charge is 2.11. The number of amides is 1. The van der Waals surface area contributed by atoms with E-state index in [0.717, 1.165) is 6.41 Å². The van der Waals surface area contributed by atoms with Gasteiger partial charge in [-0.2, -0.15) is 0 Å². The Kier molecular flexibility index (Phi) is 5.59. The molecule has 0 aromatic carbocycles. The summed E-state index contributed by atoms with van der Waals surface area (Å²) in [5, 5.41) is 0. The fourth-order valence-electron chi connectivity index (χ4n) is 1.48. The Balaban J connectivity index is 0.000000383. The third-order valence-corrected chi connectivity index (χ3v) is 2.50. The summed E-state index contributed by atoms with van der Waals surface area (Å²) < 4.78 is 6.18. The van der Waals surface area contributed by atoms with Crippen LogP contribution in [-0.2, 0) is 9.53 Å². The lowest BCUT2D eigenvalue weighted by Gasteiger charge is -2.01. The Hall–Kier alpha value is -2.70. The van der Waals surface area contributed by atoms with E-state index < -0.39 is 5.97 Å². The molecule has 0 aliphatic heterocycles. The van der Waals surface area contributed by atoms with Crippen molar-refractivity contribution in [2.24, 2.45) is 0 Å². The molecule has 112 valence electrons. The van der Waals surface area contributed by atoms with E-state index in [0.29, 0.717) is 16.9 Å². The zero-order valence-electron chi connectivity index (χ0n) is 12.4. The Morgan fingerprint density at radius 2 is 1.95 bits per heavy atom. The van der Waals surface area contributed by atoms with Gasteiger partial charge in [0.1, 0.15) is 11.3 Å². The molecule has 2 aromatic rings. The normalized spacial score (nSPS) is 9.52. The van der Waals surface area contributed by atoms with Crippen LogP contribution in [0.25, 0.3) is 5.65 Å². The molecule has 0 radical (unpaired) electrons. The largest absolute Gasteiger partial charge is 0.465 e. The zero-order valence-corrected chi connectivity index (χ0v) is 12.4. The van der Waals surface area contributed by atoms with E-state index in [2.05, 4.69) is 9.72 Å². The molecule has 0 aliphatic rings. The monoisotopic (exact) mass is 291 g/mol. The predicted molar refractivity (Wildman–Crippen MR) is 76.3 cm³/mol. The summed E-state index contributed by atoms with van der Waals surface area (Å²) in [5.41, 5.74) is 1.45. The van der Waals surface area contributed by atoms with Crippen molar-refractivity contribution in [2.45, 2.75) is 6.92 Å². The lowest BCUT2D eigenvalue weighted by molar-refractivity contribution is -0.115. The van der Waals surface area contributed by atoms with E-state index in [-0.39, 0.29) is 5.78 Å². The van der Waals surface area contributed by atoms with Gasteiger partial charge < -0.3 is 9.64 Å². The summed E-state index contributed by atoms with van der Waals surface area (Å²) in [4.78, 5) is 37.5. The Morgan fingerprint density at radius 1 is 1.33 bits per heavy atom. The van der Waals surface area contributed by atoms with Gasteiger partial charge in [0.15, 0.2) is 5.78 Å². The van der Waals surface area contributed by atoms with Crippen LogP contribution in [0.2, 0.25) is 0 Å². The molecule has 0 aliphatic carbocycles. The fraction of sp³-hybridized carbons (Fsp3) is 0.286. The molecule has 0 fully saturated rings. The molecule has 1 amide bonds. The van der Waals surface area contributed by atoms with Gasteiger partial charge in [-0.05, 0) is 12.1 Å². The van der Waals surface area contributed by atoms with Crippen LogP contribution >= 0.6 is 0 Å². The number of methoxy groups -OCH3 is 1. The first-order valence-electron chi connectivity index (χ1n) is 6.08. The molecule has 0 N–H and O–H groups in total. The number of ether oxygens (including phenoxy) is 1. The number of rotatable bonds is 3. The van der Waals surface area contributed by atoms with Crippen LogP contribution < -0.4 is 0 Å². The van der Waals surface area contributed by atoms with Gasteiger partial charge in [0, 0.05) is 27.2 Å². The van der Waals surface area contributed by atoms with E-state index in [1.165, 1.54) is 25.1 Å². The predicted octanol–water partition coefficient (Wildman–Crippen LogP) is 1.03. The van der Waals surface area contributed by atoms with Gasteiger partial charge in [0.25, 0.3) is 0 Å². The van der Waals surface area contributed by atoms with E-state index in [4.69, 9.17) is 0 Å². The number of nitrogens with zero attached hydrogens (tertiary/aromatic N) is 3. The maximum atomic E-state index is 11.3. The molecule has 0 unspecified atom stereocenters. The van der Waals surface area contributed by atoms with E-state index in [1.54, 1.807) is 36.8 Å². The van der Waals surface area contributed by atoms with Crippen LogP contribution in [0, 0.1) is 0 Å². The number of carbonyl (C=O) groups is 3. The number of Topliss-reactive ketones (excluding diaryl/α,β-unsaturated/α-hetero) is 1. The van der Waals surface area contributed by atoms with Gasteiger partial charge >= 0.3 is 5.97 Å². The van der Waals surface area contributed by atoms with Crippen molar-refractivity contribution in [3.63, 3.8) is 0 Å². The molecule has 7 nitrogen and oxygen atoms in total. The highest BCUT2D eigenvalue weighted by atomic mass is 16.5. The first-order chi connectivity index (χ1) is 9.90. The Labute approximate surface area is 122 Å². The number of imidazole rings is 1. The number of aromatic nitrogens is 2. The second kappa shape index (κ2) is 7.18. The molecule has 0 bridgehead atoms. The zero-order chi connectivity index (χ0) is 16.0. The molecule has 21 heavy (non-hydrogen) atoms. The quantitative estimate of drug-likeness (QED) is 0.479. The third-order valence-electron chi connectivity index (χ3n) is 2.50. The smallest absolute Gasteiger partial charge is 0.339 e. The number of fused-ring (bicyclic) bond motifs is 1. The van der Waals surface area contributed by atoms with Crippen LogP contribution in [0.15, 0.2) is 24.5 Å². The first-order valence-corrected chi connectivity index (χ1v) is 6.08. The molecule has 0 saturated heterocycles. The topological polar surface area (TPSA) is 81.0 Å². The second-order valence-electron chi connectivity index (χ2n) is 4.41. The molecular formula is C14H17N3O4. The van der Waals surface area contributed by atoms with Crippen molar-refractivity contribution in [3.8, 4) is 0 Å². The standard InChI is InChI=1S/C11H10N2O3.C3H7NO/c1-7(14)9-5-12-10-4-3-8(6-13(9)10)11(15)16-2;1-4(2)3-5/h3-6H,1-2H3;3H,1-2H3. The summed E-state index contributed by atoms with van der Waals surface area (Å²) in [5.74, 6) is -0.542. The molecule has 2 aromatic heterocycles. The highest BCUT2D eigenvalue weighted by Crippen LogP contribution is 2.10. The minimum absolute atomic E-state index is 0.102. The maximum Gasteiger partial charge on any atom is 0.339 e. The minimum atomic E-state index is -0.440. The van der Waals surface area contributed by atoms with Gasteiger partial charge in [-0.3, -0.25) is 14.0 Å². The summed E-state index contributed by atoms with van der Waals surface area (Å²) in [6.07, 6.45) is 3.78. The SMILES string of the molecule is CN(C)C=O.COC(=O)c1ccc2ncc(C(C)=O)n2c1. The number of hydrogen-bond donors (Lipinski definition) is 0. The summed E-state index contributed by atoms with van der Waals surface area (Å²) in [7, 11) is 4.69. The van der Waals surface area contributed by atoms with E-state index in [1.807, 2.05) is 0 Å². The highest BCUT2D eigenvalue weighted by molar-refractivity contribution is 5.94. The van der Waals surface area contributed by atoms with Crippen LogP contribution in [0.1, 0.15) is 27.8 Å². The number of hydrogen-bond acceptors (Lipinski definition) is 5. The molecule has 0 atom stereocenters. The average Bonchev–Trinajstić information content (AvgIpc) is 2.90. The molecule has 7 heteroatoms. The van der Waals surface area contributed by atoms with Gasteiger partial charge in [0.2, 0.25) is 6.41 Å². The van der Waals surface area contributed by atoms with Gasteiger partial charge in [-0.15, -0.1) is 0 Å². The van der Waals surface area contributed by atoms with Crippen molar-refractivity contribution in [2.75, 3.05) is 21.2 Å². The van der Waals surface area contributed by atoms with Crippen LogP contribution in [0.5, 0.6) is 0 Å². The molecule has 2 rings (SSSR count). The van der Waals surface area contributed by atoms with Crippen molar-refractivity contribution < 1.29 is 19.1 Å². The summed E-state index contributed by atoms with van der Waals surface area (Å²) >= 11 is 0. The maximum absolute atomic E-state index is 11.3. The fourth-order valence-corrected chi connectivity index (χ4v) is 1.48. The molecular weight excluding hydrogens is 274 g/mol. The van der Waals surface area contributed by atoms with E-state index in [9.17, 15) is 14.4 Å². The molecule has 0 saturated carbocycles. The molecule has 2 heterocycles. The van der Waals surface area contributed by atoms with Crippen molar-refractivity contribution in [1.29, 1.82) is 0 Å². The third kappa shape index (κ3) is 4.13. The number of esters is 1. The summed E-state index contributed by atoms with van der Waals surface area (Å²) in [6.45, 7) is 1.45. The van der Waals surface area contributed by atoms with E-state index >= 15 is 0 Å². The Bertz CT molecular complexity index is 661. The van der Waals surface area contributed by atoms with Crippen LogP contribution in [0.3, 0.4) is 0 Å². The van der Waals surface area contributed by atoms with Gasteiger partial charge in [-0.1, -0.05) is 0 Å². The molecule has 0 spiro atoms. The summed E-state index contributed by atoms with van der Waals surface area (Å²) in [6, 6.07) is 3.27. The van der Waals surface area contributed by atoms with Crippen molar-refractivity contribution in [1.82, 2.24) is 14.3 Å². The minimum Gasteiger partial charge on any atom is -0.465 e. The first kappa shape index (κ1) is 16.4. The second-order valence-corrected chi connectivity index (χ2v) is 4.41. The number of ketones is 1. The lowest BCUT2D eigenvalue weighted by Crippen LogP contribution is -2.06. The van der Waals surface area contributed by atoms with Crippen molar-refractivity contribution >= 4 is 23.8 Å². The number of carbonyl (C=O) groups excluding carboxylic acids is 3. The van der Waals surface area contributed by atoms with Gasteiger partial charge in [-0.25, -0.2) is 9.78 Å². The lowest BCUT2D eigenvalue weighted by atomic mass is 10.3. The van der Waals surface area contributed by atoms with Gasteiger partial charge in [0.05, 0.1) is 18.9 Å². The average molecular weight is 291 g/mol.